The van der Waals surface area contributed by atoms with Gasteiger partial charge in [-0.15, -0.1) is 0 Å². The molecule has 0 spiro atoms. The molecular weight excluding hydrogens is 530 g/mol. The average molecular weight is 565 g/mol. The lowest BCUT2D eigenvalue weighted by molar-refractivity contribution is -0.128. The number of hydrogen-bond acceptors (Lipinski definition) is 7. The van der Waals surface area contributed by atoms with E-state index >= 15 is 4.39 Å². The Labute approximate surface area is 237 Å². The van der Waals surface area contributed by atoms with Gasteiger partial charge in [0.25, 0.3) is 0 Å². The van der Waals surface area contributed by atoms with E-state index in [2.05, 4.69) is 16.5 Å². The van der Waals surface area contributed by atoms with Gasteiger partial charge >= 0.3 is 5.69 Å². The van der Waals surface area contributed by atoms with E-state index in [1.165, 1.54) is 41.1 Å². The van der Waals surface area contributed by atoms with Crippen molar-refractivity contribution in [2.75, 3.05) is 29.4 Å². The van der Waals surface area contributed by atoms with Crippen molar-refractivity contribution >= 4 is 17.4 Å². The van der Waals surface area contributed by atoms with Gasteiger partial charge < -0.3 is 19.8 Å². The molecule has 2 atom stereocenters. The summed E-state index contributed by atoms with van der Waals surface area (Å²) in [7, 11) is 0. The monoisotopic (exact) mass is 564 g/mol. The van der Waals surface area contributed by atoms with Crippen LogP contribution in [0.5, 0.6) is 5.75 Å². The van der Waals surface area contributed by atoms with E-state index in [4.69, 9.17) is 0 Å². The summed E-state index contributed by atoms with van der Waals surface area (Å²) in [6.45, 7) is 12.4. The molecule has 11 heteroatoms. The molecule has 0 radical (unpaired) electrons. The maximum absolute atomic E-state index is 15.5. The maximum atomic E-state index is 15.5. The van der Waals surface area contributed by atoms with Crippen molar-refractivity contribution in [3.8, 4) is 11.4 Å². The summed E-state index contributed by atoms with van der Waals surface area (Å²) in [6.07, 6.45) is 3.02. The third kappa shape index (κ3) is 4.93. The third-order valence-corrected chi connectivity index (χ3v) is 7.92. The second kappa shape index (κ2) is 10.9. The highest BCUT2D eigenvalue weighted by atomic mass is 19.1. The molecule has 1 N–H and O–H groups in total. The highest BCUT2D eigenvalue weighted by molar-refractivity contribution is 5.87. The molecule has 1 saturated heterocycles. The molecule has 2 aliphatic heterocycles. The lowest BCUT2D eigenvalue weighted by atomic mass is 10.00. The van der Waals surface area contributed by atoms with Crippen LogP contribution in [0.2, 0.25) is 0 Å². The molecule has 2 aliphatic rings. The van der Waals surface area contributed by atoms with Crippen molar-refractivity contribution in [1.82, 2.24) is 19.4 Å². The fraction of sp³-hybridized carbons (Fsp3) is 0.400. The van der Waals surface area contributed by atoms with Gasteiger partial charge in [-0.3, -0.25) is 14.3 Å². The predicted octanol–water partition coefficient (Wildman–Crippen LogP) is 3.91. The normalized spacial score (nSPS) is 19.0. The number of nitrogens with zero attached hydrogens (tertiary/aromatic N) is 6. The molecule has 1 aromatic carbocycles. The van der Waals surface area contributed by atoms with Gasteiger partial charge in [-0.1, -0.05) is 26.5 Å². The Balaban J connectivity index is 1.70. The van der Waals surface area contributed by atoms with Gasteiger partial charge in [0.1, 0.15) is 28.8 Å². The molecule has 1 amide bonds. The minimum atomic E-state index is -0.684. The second-order valence-corrected chi connectivity index (χ2v) is 11.0. The first kappa shape index (κ1) is 28.3. The molecule has 41 heavy (non-hydrogen) atoms. The molecule has 0 aliphatic carbocycles. The van der Waals surface area contributed by atoms with Crippen LogP contribution < -0.4 is 15.5 Å². The van der Waals surface area contributed by atoms with E-state index in [0.717, 1.165) is 5.56 Å². The zero-order chi connectivity index (χ0) is 29.6. The largest absolute Gasteiger partial charge is 0.506 e. The number of benzene rings is 1. The Bertz CT molecular complexity index is 1550. The quantitative estimate of drug-likeness (QED) is 0.470. The first-order valence-electron chi connectivity index (χ1n) is 13.7. The third-order valence-electron chi connectivity index (χ3n) is 7.92. The van der Waals surface area contributed by atoms with Gasteiger partial charge in [0.2, 0.25) is 5.91 Å². The van der Waals surface area contributed by atoms with Gasteiger partial charge in [0, 0.05) is 43.5 Å². The minimum absolute atomic E-state index is 0.0183. The Morgan fingerprint density at radius 3 is 2.54 bits per heavy atom. The summed E-state index contributed by atoms with van der Waals surface area (Å²) < 4.78 is 31.7. The molecule has 216 valence electrons. The number of pyridine rings is 1. The predicted molar refractivity (Wildman–Crippen MR) is 153 cm³/mol. The van der Waals surface area contributed by atoms with Crippen molar-refractivity contribution in [2.45, 2.75) is 58.7 Å². The summed E-state index contributed by atoms with van der Waals surface area (Å²) >= 11 is 0. The van der Waals surface area contributed by atoms with Crippen molar-refractivity contribution < 1.29 is 18.7 Å². The number of anilines is 2. The highest BCUT2D eigenvalue weighted by Gasteiger charge is 2.36. The number of aromatic hydroxyl groups is 1. The minimum Gasteiger partial charge on any atom is -0.506 e. The number of rotatable bonds is 5. The first-order chi connectivity index (χ1) is 19.5. The van der Waals surface area contributed by atoms with Crippen LogP contribution >= 0.6 is 0 Å². The summed E-state index contributed by atoms with van der Waals surface area (Å²) in [5.41, 5.74) is 0.934. The zero-order valence-electron chi connectivity index (χ0n) is 23.6. The molecule has 2 aromatic heterocycles. The average Bonchev–Trinajstić information content (AvgIpc) is 2.93. The van der Waals surface area contributed by atoms with Crippen LogP contribution in [0.1, 0.15) is 50.6 Å². The number of phenolic OH excluding ortho intramolecular Hbond substituents is 1. The summed E-state index contributed by atoms with van der Waals surface area (Å²) in [6, 6.07) is 4.96. The van der Waals surface area contributed by atoms with E-state index < -0.39 is 17.3 Å². The van der Waals surface area contributed by atoms with Crippen LogP contribution in [0.4, 0.5) is 20.3 Å². The molecular formula is C30H34F2N6O3. The van der Waals surface area contributed by atoms with Crippen LogP contribution in [0.15, 0.2) is 47.9 Å². The lowest BCUT2D eigenvalue weighted by Gasteiger charge is -2.45. The number of carbonyl (C=O) groups excluding carboxylic acids is 1. The number of fused-ring (bicyclic) bond motifs is 1. The number of halogens is 2. The van der Waals surface area contributed by atoms with Crippen molar-refractivity contribution in [1.29, 1.82) is 0 Å². The molecule has 1 fully saturated rings. The van der Waals surface area contributed by atoms with Gasteiger partial charge in [-0.2, -0.15) is 4.98 Å². The fourth-order valence-electron chi connectivity index (χ4n) is 5.93. The van der Waals surface area contributed by atoms with E-state index in [9.17, 15) is 19.1 Å². The zero-order valence-corrected chi connectivity index (χ0v) is 23.6. The van der Waals surface area contributed by atoms with Gasteiger partial charge in [-0.05, 0) is 50.5 Å². The number of hydrogen-bond donors (Lipinski definition) is 1. The molecule has 4 heterocycles. The van der Waals surface area contributed by atoms with Crippen LogP contribution in [-0.4, -0.2) is 62.2 Å². The topological polar surface area (TPSA) is 94.8 Å². The van der Waals surface area contributed by atoms with E-state index in [1.807, 2.05) is 32.6 Å². The van der Waals surface area contributed by atoms with E-state index in [-0.39, 0.29) is 47.6 Å². The number of phenols is 1. The van der Waals surface area contributed by atoms with Gasteiger partial charge in [0.05, 0.1) is 17.9 Å². The van der Waals surface area contributed by atoms with Crippen LogP contribution in [-0.2, 0) is 17.8 Å². The van der Waals surface area contributed by atoms with E-state index in [0.29, 0.717) is 43.3 Å². The SMILES string of the molecule is C=CC(=O)N1C[C@H](C)N(c2nc(=O)n(-c3c(F)ccnc3C(C)C)c3c2CCN(c2c(O)cccc2F)C3)C[C@H]1C. The van der Waals surface area contributed by atoms with Gasteiger partial charge in [-0.25, -0.2) is 13.6 Å². The lowest BCUT2D eigenvalue weighted by Crippen LogP contribution is -2.58. The fourth-order valence-corrected chi connectivity index (χ4v) is 5.93. The number of aromatic nitrogens is 3. The Kier molecular flexibility index (Phi) is 7.54. The Morgan fingerprint density at radius 1 is 1.12 bits per heavy atom. The highest BCUT2D eigenvalue weighted by Crippen LogP contribution is 2.37. The smallest absolute Gasteiger partial charge is 0.354 e. The second-order valence-electron chi connectivity index (χ2n) is 11.0. The first-order valence-corrected chi connectivity index (χ1v) is 13.7. The van der Waals surface area contributed by atoms with E-state index in [1.54, 1.807) is 9.80 Å². The Morgan fingerprint density at radius 2 is 1.85 bits per heavy atom. The molecule has 0 saturated carbocycles. The van der Waals surface area contributed by atoms with Crippen LogP contribution in [0.25, 0.3) is 5.69 Å². The van der Waals surface area contributed by atoms with Gasteiger partial charge in [0.15, 0.2) is 5.82 Å². The molecule has 9 nitrogen and oxygen atoms in total. The van der Waals surface area contributed by atoms with Crippen molar-refractivity contribution in [3.05, 3.63) is 82.2 Å². The van der Waals surface area contributed by atoms with Crippen LogP contribution in [0.3, 0.4) is 0 Å². The molecule has 3 aromatic rings. The number of para-hydroxylation sites is 1. The maximum Gasteiger partial charge on any atom is 0.354 e. The van der Waals surface area contributed by atoms with Crippen molar-refractivity contribution in [2.24, 2.45) is 0 Å². The number of amides is 1. The van der Waals surface area contributed by atoms with Crippen LogP contribution in [0, 0.1) is 11.6 Å². The summed E-state index contributed by atoms with van der Waals surface area (Å²) in [5.74, 6) is -1.33. The Hall–Kier alpha value is -4.28. The molecule has 0 unspecified atom stereocenters. The number of piperazine rings is 1. The molecule has 5 rings (SSSR count). The summed E-state index contributed by atoms with van der Waals surface area (Å²) in [5, 5.41) is 10.5. The standard InChI is InChI=1S/C30H34F2N6O3/c1-6-25(40)36-14-19(5)37(15-18(36)4)29-20-11-13-35(27-21(31)8-7-9-24(27)39)16-23(20)38(30(41)34-29)28-22(32)10-12-33-26(28)17(2)3/h6-10,12,17-19,39H,1,11,13-16H2,2-5H3/t18-,19+/m1/s1. The van der Waals surface area contributed by atoms with Crippen molar-refractivity contribution in [3.63, 3.8) is 0 Å². The number of carbonyl (C=O) groups is 1. The molecule has 0 bridgehead atoms. The summed E-state index contributed by atoms with van der Waals surface area (Å²) in [4.78, 5) is 40.6.